The smallest absolute Gasteiger partial charge is 0.222 e. The zero-order chi connectivity index (χ0) is 14.9. The van der Waals surface area contributed by atoms with Crippen LogP contribution in [-0.4, -0.2) is 27.4 Å². The van der Waals surface area contributed by atoms with Crippen LogP contribution >= 0.6 is 11.3 Å². The first-order valence-corrected chi connectivity index (χ1v) is 7.52. The molecule has 0 atom stereocenters. The SMILES string of the molecule is O=C(CCn1cccn1)NCc1ccc(C#CCCO)s1. The molecule has 5 nitrogen and oxygen atoms in total. The average molecular weight is 303 g/mol. The monoisotopic (exact) mass is 303 g/mol. The maximum Gasteiger partial charge on any atom is 0.222 e. The topological polar surface area (TPSA) is 67.2 Å². The van der Waals surface area contributed by atoms with Gasteiger partial charge in [-0.15, -0.1) is 11.3 Å². The second-order valence-electron chi connectivity index (χ2n) is 4.34. The molecule has 0 saturated heterocycles. The summed E-state index contributed by atoms with van der Waals surface area (Å²) in [5, 5.41) is 15.6. The molecule has 0 fully saturated rings. The Morgan fingerprint density at radius 2 is 2.38 bits per heavy atom. The summed E-state index contributed by atoms with van der Waals surface area (Å²) in [5.74, 6) is 5.87. The molecule has 110 valence electrons. The molecular formula is C15H17N3O2S. The number of aliphatic hydroxyl groups excluding tert-OH is 1. The molecule has 21 heavy (non-hydrogen) atoms. The van der Waals surface area contributed by atoms with E-state index in [0.717, 1.165) is 9.75 Å². The number of nitrogens with one attached hydrogen (secondary N) is 1. The van der Waals surface area contributed by atoms with Crippen LogP contribution in [0.3, 0.4) is 0 Å². The van der Waals surface area contributed by atoms with Crippen molar-refractivity contribution in [2.24, 2.45) is 0 Å². The van der Waals surface area contributed by atoms with E-state index in [2.05, 4.69) is 22.3 Å². The lowest BCUT2D eigenvalue weighted by atomic mass is 10.3. The number of rotatable bonds is 6. The van der Waals surface area contributed by atoms with Crippen LogP contribution in [0.2, 0.25) is 0 Å². The lowest BCUT2D eigenvalue weighted by Gasteiger charge is -2.03. The van der Waals surface area contributed by atoms with Crippen LogP contribution in [0.1, 0.15) is 22.6 Å². The van der Waals surface area contributed by atoms with Gasteiger partial charge >= 0.3 is 0 Å². The number of carbonyl (C=O) groups excluding carboxylic acids is 1. The van der Waals surface area contributed by atoms with E-state index < -0.39 is 0 Å². The summed E-state index contributed by atoms with van der Waals surface area (Å²) in [6.07, 6.45) is 4.43. The van der Waals surface area contributed by atoms with Crippen LogP contribution < -0.4 is 5.32 Å². The fraction of sp³-hybridized carbons (Fsp3) is 0.333. The van der Waals surface area contributed by atoms with Gasteiger partial charge in [0.25, 0.3) is 0 Å². The molecule has 0 aromatic carbocycles. The van der Waals surface area contributed by atoms with Crippen molar-refractivity contribution in [3.8, 4) is 11.8 Å². The van der Waals surface area contributed by atoms with Crippen LogP contribution in [0.15, 0.2) is 30.6 Å². The van der Waals surface area contributed by atoms with E-state index >= 15 is 0 Å². The first-order valence-electron chi connectivity index (χ1n) is 6.70. The van der Waals surface area contributed by atoms with Gasteiger partial charge in [-0.25, -0.2) is 0 Å². The van der Waals surface area contributed by atoms with Crippen LogP contribution in [0.4, 0.5) is 0 Å². The van der Waals surface area contributed by atoms with Crippen LogP contribution in [-0.2, 0) is 17.9 Å². The lowest BCUT2D eigenvalue weighted by molar-refractivity contribution is -0.121. The summed E-state index contributed by atoms with van der Waals surface area (Å²) in [6.45, 7) is 1.18. The third-order valence-corrected chi connectivity index (χ3v) is 3.70. The first kappa shape index (κ1) is 15.3. The zero-order valence-electron chi connectivity index (χ0n) is 11.6. The number of hydrogen-bond donors (Lipinski definition) is 2. The Morgan fingerprint density at radius 3 is 3.14 bits per heavy atom. The second-order valence-corrected chi connectivity index (χ2v) is 5.51. The van der Waals surface area contributed by atoms with E-state index in [-0.39, 0.29) is 12.5 Å². The molecule has 0 saturated carbocycles. The van der Waals surface area contributed by atoms with Gasteiger partial charge in [-0.05, 0) is 18.2 Å². The fourth-order valence-electron chi connectivity index (χ4n) is 1.67. The predicted molar refractivity (Wildman–Crippen MR) is 81.6 cm³/mol. The highest BCUT2D eigenvalue weighted by Crippen LogP contribution is 2.15. The van der Waals surface area contributed by atoms with Gasteiger partial charge in [0.15, 0.2) is 0 Å². The Kier molecular flexibility index (Phi) is 6.00. The standard InChI is InChI=1S/C15H17N3O2S/c19-11-2-1-4-13-5-6-14(21-13)12-16-15(20)7-10-18-9-3-8-17-18/h3,5-6,8-9,19H,2,7,10-12H2,(H,16,20). The molecule has 0 aliphatic heterocycles. The average Bonchev–Trinajstić information content (AvgIpc) is 3.15. The number of hydrogen-bond acceptors (Lipinski definition) is 4. The van der Waals surface area contributed by atoms with Gasteiger partial charge in [-0.3, -0.25) is 9.48 Å². The van der Waals surface area contributed by atoms with Gasteiger partial charge in [0.2, 0.25) is 5.91 Å². The van der Waals surface area contributed by atoms with E-state index in [0.29, 0.717) is 25.9 Å². The van der Waals surface area contributed by atoms with Crippen molar-refractivity contribution in [1.29, 1.82) is 0 Å². The van der Waals surface area contributed by atoms with Gasteiger partial charge in [-0.2, -0.15) is 5.10 Å². The molecule has 0 unspecified atom stereocenters. The van der Waals surface area contributed by atoms with Gasteiger partial charge in [-0.1, -0.05) is 11.8 Å². The summed E-state index contributed by atoms with van der Waals surface area (Å²) in [4.78, 5) is 13.7. The highest BCUT2D eigenvalue weighted by atomic mass is 32.1. The first-order chi connectivity index (χ1) is 10.3. The van der Waals surface area contributed by atoms with Crippen molar-refractivity contribution >= 4 is 17.2 Å². The number of aliphatic hydroxyl groups is 1. The molecule has 2 rings (SSSR count). The number of aromatic nitrogens is 2. The molecule has 0 radical (unpaired) electrons. The highest BCUT2D eigenvalue weighted by Gasteiger charge is 2.03. The normalized spacial score (nSPS) is 9.95. The van der Waals surface area contributed by atoms with E-state index in [4.69, 9.17) is 5.11 Å². The molecule has 6 heteroatoms. The fourth-order valence-corrected chi connectivity index (χ4v) is 2.49. The summed E-state index contributed by atoms with van der Waals surface area (Å²) >= 11 is 1.55. The van der Waals surface area contributed by atoms with Crippen molar-refractivity contribution in [3.63, 3.8) is 0 Å². The number of thiophene rings is 1. The summed E-state index contributed by atoms with van der Waals surface area (Å²) in [5.41, 5.74) is 0. The maximum absolute atomic E-state index is 11.7. The molecule has 2 aromatic rings. The Balaban J connectivity index is 1.72. The van der Waals surface area contributed by atoms with Crippen LogP contribution in [0, 0.1) is 11.8 Å². The summed E-state index contributed by atoms with van der Waals surface area (Å²) < 4.78 is 1.74. The quantitative estimate of drug-likeness (QED) is 0.792. The van der Waals surface area contributed by atoms with E-state index in [1.807, 2.05) is 24.4 Å². The molecule has 0 aliphatic carbocycles. The largest absolute Gasteiger partial charge is 0.395 e. The number of aryl methyl sites for hydroxylation is 1. The maximum atomic E-state index is 11.7. The minimum Gasteiger partial charge on any atom is -0.395 e. The number of amides is 1. The third kappa shape index (κ3) is 5.42. The van der Waals surface area contributed by atoms with Crippen molar-refractivity contribution in [1.82, 2.24) is 15.1 Å². The lowest BCUT2D eigenvalue weighted by Crippen LogP contribution is -2.23. The minimum atomic E-state index is 0.00631. The minimum absolute atomic E-state index is 0.00631. The molecule has 0 spiro atoms. The van der Waals surface area contributed by atoms with Gasteiger partial charge in [0.05, 0.1) is 18.0 Å². The molecule has 0 aliphatic rings. The predicted octanol–water partition coefficient (Wildman–Crippen LogP) is 1.38. The molecule has 2 aromatic heterocycles. The molecular weight excluding hydrogens is 286 g/mol. The van der Waals surface area contributed by atoms with Crippen molar-refractivity contribution in [2.75, 3.05) is 6.61 Å². The third-order valence-electron chi connectivity index (χ3n) is 2.70. The second kappa shape index (κ2) is 8.25. The van der Waals surface area contributed by atoms with Crippen molar-refractivity contribution in [3.05, 3.63) is 40.3 Å². The van der Waals surface area contributed by atoms with Crippen molar-refractivity contribution < 1.29 is 9.90 Å². The summed E-state index contributed by atoms with van der Waals surface area (Å²) in [6, 6.07) is 5.73. The van der Waals surface area contributed by atoms with Gasteiger partial charge < -0.3 is 10.4 Å². The van der Waals surface area contributed by atoms with Gasteiger partial charge in [0.1, 0.15) is 0 Å². The molecule has 2 heterocycles. The summed E-state index contributed by atoms with van der Waals surface area (Å²) in [7, 11) is 0. The van der Waals surface area contributed by atoms with E-state index in [1.165, 1.54) is 0 Å². The van der Waals surface area contributed by atoms with Gasteiger partial charge in [0, 0.05) is 36.7 Å². The molecule has 2 N–H and O–H groups in total. The highest BCUT2D eigenvalue weighted by molar-refractivity contribution is 7.12. The Labute approximate surface area is 127 Å². The van der Waals surface area contributed by atoms with E-state index in [9.17, 15) is 4.79 Å². The number of carbonyl (C=O) groups is 1. The van der Waals surface area contributed by atoms with E-state index in [1.54, 1.807) is 22.2 Å². The Hall–Kier alpha value is -2.10. The Bertz CT molecular complexity index is 623. The van der Waals surface area contributed by atoms with Crippen LogP contribution in [0.25, 0.3) is 0 Å². The van der Waals surface area contributed by atoms with Crippen molar-refractivity contribution in [2.45, 2.75) is 25.9 Å². The molecule has 1 amide bonds. The molecule has 0 bridgehead atoms. The number of nitrogens with zero attached hydrogens (tertiary/aromatic N) is 2. The van der Waals surface area contributed by atoms with Crippen LogP contribution in [0.5, 0.6) is 0 Å². The Morgan fingerprint density at radius 1 is 1.48 bits per heavy atom. The zero-order valence-corrected chi connectivity index (χ0v) is 12.4.